The largest absolute Gasteiger partial charge is 0.344 e. The summed E-state index contributed by atoms with van der Waals surface area (Å²) in [6, 6.07) is 12.8. The summed E-state index contributed by atoms with van der Waals surface area (Å²) in [5, 5.41) is 0. The highest BCUT2D eigenvalue weighted by Crippen LogP contribution is 2.29. The second-order valence-electron chi connectivity index (χ2n) is 4.28. The van der Waals surface area contributed by atoms with Gasteiger partial charge in [-0.2, -0.15) is 0 Å². The molecule has 0 saturated carbocycles. The van der Waals surface area contributed by atoms with Crippen LogP contribution in [-0.2, 0) is 0 Å². The van der Waals surface area contributed by atoms with Gasteiger partial charge in [0.05, 0.1) is 0 Å². The van der Waals surface area contributed by atoms with E-state index in [-0.39, 0.29) is 5.82 Å². The van der Waals surface area contributed by atoms with E-state index in [1.54, 1.807) is 12.1 Å². The Balaban J connectivity index is 2.43. The van der Waals surface area contributed by atoms with Crippen molar-refractivity contribution in [2.45, 2.75) is 13.8 Å². The fourth-order valence-electron chi connectivity index (χ4n) is 2.13. The van der Waals surface area contributed by atoms with Gasteiger partial charge < -0.3 is 4.90 Å². The number of hydrogen-bond acceptors (Lipinski definition) is 1. The number of rotatable bonds is 2. The topological polar surface area (TPSA) is 3.24 Å². The molecule has 2 aromatic carbocycles. The highest BCUT2D eigenvalue weighted by Gasteiger charge is 2.09. The van der Waals surface area contributed by atoms with Gasteiger partial charge in [-0.1, -0.05) is 18.2 Å². The zero-order valence-corrected chi connectivity index (χ0v) is 10.4. The molecule has 0 radical (unpaired) electrons. The molecule has 0 heterocycles. The van der Waals surface area contributed by atoms with E-state index in [4.69, 9.17) is 0 Å². The Kier molecular flexibility index (Phi) is 3.14. The van der Waals surface area contributed by atoms with E-state index in [0.29, 0.717) is 0 Å². The fourth-order valence-corrected chi connectivity index (χ4v) is 2.13. The van der Waals surface area contributed by atoms with Crippen LogP contribution in [0.5, 0.6) is 0 Å². The van der Waals surface area contributed by atoms with Crippen LogP contribution in [0.15, 0.2) is 42.5 Å². The van der Waals surface area contributed by atoms with Crippen LogP contribution in [0.25, 0.3) is 0 Å². The summed E-state index contributed by atoms with van der Waals surface area (Å²) in [6.07, 6.45) is 0. The Labute approximate surface area is 102 Å². The Bertz CT molecular complexity index is 497. The van der Waals surface area contributed by atoms with Gasteiger partial charge in [0.2, 0.25) is 0 Å². The molecule has 1 nitrogen and oxygen atoms in total. The molecule has 88 valence electrons. The minimum atomic E-state index is -0.205. The van der Waals surface area contributed by atoms with E-state index in [1.807, 2.05) is 13.1 Å². The zero-order valence-electron chi connectivity index (χ0n) is 10.4. The molecule has 2 heteroatoms. The van der Waals surface area contributed by atoms with E-state index >= 15 is 0 Å². The second-order valence-corrected chi connectivity index (χ2v) is 4.28. The lowest BCUT2D eigenvalue weighted by Crippen LogP contribution is -2.12. The van der Waals surface area contributed by atoms with Gasteiger partial charge in [0.25, 0.3) is 0 Å². The third-order valence-corrected chi connectivity index (χ3v) is 2.99. The highest BCUT2D eigenvalue weighted by molar-refractivity contribution is 5.68. The van der Waals surface area contributed by atoms with Crippen LogP contribution in [0.3, 0.4) is 0 Å². The molecular weight excluding hydrogens is 213 g/mol. The molecule has 0 bridgehead atoms. The van der Waals surface area contributed by atoms with Crippen LogP contribution in [0.4, 0.5) is 15.8 Å². The Morgan fingerprint density at radius 1 is 0.882 bits per heavy atom. The third-order valence-electron chi connectivity index (χ3n) is 2.99. The van der Waals surface area contributed by atoms with Gasteiger partial charge in [-0.05, 0) is 49.2 Å². The Morgan fingerprint density at radius 2 is 1.41 bits per heavy atom. The molecule has 0 spiro atoms. The molecule has 0 aromatic heterocycles. The maximum atomic E-state index is 12.9. The second kappa shape index (κ2) is 4.58. The van der Waals surface area contributed by atoms with Crippen LogP contribution in [0, 0.1) is 19.7 Å². The standard InChI is InChI=1S/C15H16FN/c1-11-5-4-6-12(2)15(11)17(3)14-9-7-13(16)8-10-14/h4-10H,1-3H3. The smallest absolute Gasteiger partial charge is 0.123 e. The molecule has 0 aliphatic rings. The molecule has 17 heavy (non-hydrogen) atoms. The van der Waals surface area contributed by atoms with Gasteiger partial charge in [-0.15, -0.1) is 0 Å². The SMILES string of the molecule is Cc1cccc(C)c1N(C)c1ccc(F)cc1. The molecule has 0 unspecified atom stereocenters. The molecule has 0 saturated heterocycles. The van der Waals surface area contributed by atoms with Crippen molar-refractivity contribution in [2.75, 3.05) is 11.9 Å². The monoisotopic (exact) mass is 229 g/mol. The predicted octanol–water partition coefficient (Wildman–Crippen LogP) is 4.21. The van der Waals surface area contributed by atoms with E-state index in [1.165, 1.54) is 28.9 Å². The Morgan fingerprint density at radius 3 is 1.94 bits per heavy atom. The minimum Gasteiger partial charge on any atom is -0.344 e. The fraction of sp³-hybridized carbons (Fsp3) is 0.200. The molecule has 0 fully saturated rings. The first-order chi connectivity index (χ1) is 8.09. The lowest BCUT2D eigenvalue weighted by atomic mass is 10.1. The number of benzene rings is 2. The van der Waals surface area contributed by atoms with E-state index in [2.05, 4.69) is 30.9 Å². The van der Waals surface area contributed by atoms with Crippen molar-refractivity contribution in [3.05, 3.63) is 59.4 Å². The summed E-state index contributed by atoms with van der Waals surface area (Å²) in [7, 11) is 2.00. The van der Waals surface area contributed by atoms with Crippen molar-refractivity contribution in [1.29, 1.82) is 0 Å². The van der Waals surface area contributed by atoms with Crippen LogP contribution in [0.2, 0.25) is 0 Å². The van der Waals surface area contributed by atoms with Crippen LogP contribution < -0.4 is 4.90 Å². The summed E-state index contributed by atoms with van der Waals surface area (Å²) in [4.78, 5) is 2.09. The van der Waals surface area contributed by atoms with Crippen LogP contribution in [0.1, 0.15) is 11.1 Å². The molecule has 2 aromatic rings. The molecule has 0 aliphatic heterocycles. The molecule has 0 amide bonds. The summed E-state index contributed by atoms with van der Waals surface area (Å²) < 4.78 is 12.9. The number of halogens is 1. The van der Waals surface area contributed by atoms with Gasteiger partial charge >= 0.3 is 0 Å². The average molecular weight is 229 g/mol. The Hall–Kier alpha value is -1.83. The first kappa shape index (κ1) is 11.6. The lowest BCUT2D eigenvalue weighted by molar-refractivity contribution is 0.628. The van der Waals surface area contributed by atoms with Crippen molar-refractivity contribution >= 4 is 11.4 Å². The van der Waals surface area contributed by atoms with Crippen LogP contribution in [-0.4, -0.2) is 7.05 Å². The molecule has 2 rings (SSSR count). The van der Waals surface area contributed by atoms with Crippen molar-refractivity contribution in [2.24, 2.45) is 0 Å². The number of aryl methyl sites for hydroxylation is 2. The molecule has 0 N–H and O–H groups in total. The van der Waals surface area contributed by atoms with Crippen molar-refractivity contribution in [3.63, 3.8) is 0 Å². The van der Waals surface area contributed by atoms with Gasteiger partial charge in [-0.3, -0.25) is 0 Å². The predicted molar refractivity (Wildman–Crippen MR) is 70.4 cm³/mol. The third kappa shape index (κ3) is 2.31. The number of anilines is 2. The number of nitrogens with zero attached hydrogens (tertiary/aromatic N) is 1. The van der Waals surface area contributed by atoms with E-state index in [0.717, 1.165) is 5.69 Å². The minimum absolute atomic E-state index is 0.205. The van der Waals surface area contributed by atoms with Crippen LogP contribution >= 0.6 is 0 Å². The van der Waals surface area contributed by atoms with Crippen molar-refractivity contribution in [3.8, 4) is 0 Å². The number of para-hydroxylation sites is 1. The van der Waals surface area contributed by atoms with E-state index < -0.39 is 0 Å². The zero-order chi connectivity index (χ0) is 12.4. The first-order valence-electron chi connectivity index (χ1n) is 5.65. The van der Waals surface area contributed by atoms with Crippen molar-refractivity contribution in [1.82, 2.24) is 0 Å². The normalized spacial score (nSPS) is 10.4. The van der Waals surface area contributed by atoms with Gasteiger partial charge in [0, 0.05) is 18.4 Å². The average Bonchev–Trinajstić information content (AvgIpc) is 2.29. The van der Waals surface area contributed by atoms with Crippen molar-refractivity contribution < 1.29 is 4.39 Å². The van der Waals surface area contributed by atoms with Gasteiger partial charge in [-0.25, -0.2) is 4.39 Å². The number of hydrogen-bond donors (Lipinski definition) is 0. The molecular formula is C15H16FN. The summed E-state index contributed by atoms with van der Waals surface area (Å²) in [5.41, 5.74) is 4.61. The molecule has 0 aliphatic carbocycles. The molecule has 0 atom stereocenters. The van der Waals surface area contributed by atoms with Gasteiger partial charge in [0.1, 0.15) is 5.82 Å². The summed E-state index contributed by atoms with van der Waals surface area (Å²) >= 11 is 0. The van der Waals surface area contributed by atoms with E-state index in [9.17, 15) is 4.39 Å². The quantitative estimate of drug-likeness (QED) is 0.745. The van der Waals surface area contributed by atoms with Gasteiger partial charge in [0.15, 0.2) is 0 Å². The lowest BCUT2D eigenvalue weighted by Gasteiger charge is -2.23. The highest BCUT2D eigenvalue weighted by atomic mass is 19.1. The maximum absolute atomic E-state index is 12.9. The summed E-state index contributed by atoms with van der Waals surface area (Å²) in [6.45, 7) is 4.17. The summed E-state index contributed by atoms with van der Waals surface area (Å²) in [5.74, 6) is -0.205. The first-order valence-corrected chi connectivity index (χ1v) is 5.65. The maximum Gasteiger partial charge on any atom is 0.123 e.